The van der Waals surface area contributed by atoms with Crippen LogP contribution in [0.3, 0.4) is 0 Å². The molecule has 4 nitrogen and oxygen atoms in total. The van der Waals surface area contributed by atoms with Crippen LogP contribution in [0.2, 0.25) is 0 Å². The van der Waals surface area contributed by atoms with E-state index in [2.05, 4.69) is 5.32 Å². The van der Waals surface area contributed by atoms with Gasteiger partial charge in [0.05, 0.1) is 0 Å². The van der Waals surface area contributed by atoms with Crippen LogP contribution in [0, 0.1) is 0 Å². The van der Waals surface area contributed by atoms with Crippen molar-refractivity contribution in [3.63, 3.8) is 0 Å². The van der Waals surface area contributed by atoms with E-state index in [0.717, 1.165) is 0 Å². The lowest BCUT2D eigenvalue weighted by molar-refractivity contribution is -0.122. The lowest BCUT2D eigenvalue weighted by Crippen LogP contribution is -2.32. The van der Waals surface area contributed by atoms with Crippen LogP contribution >= 0.6 is 0 Å². The third-order valence-electron chi connectivity index (χ3n) is 2.86. The van der Waals surface area contributed by atoms with E-state index in [1.54, 1.807) is 24.3 Å². The van der Waals surface area contributed by atoms with Gasteiger partial charge in [-0.05, 0) is 42.8 Å². The number of para-hydroxylation sites is 1. The second-order valence-electron chi connectivity index (χ2n) is 4.44. The number of hydrogen-bond acceptors (Lipinski definition) is 3. The number of hydrogen-bond donors (Lipinski definition) is 2. The molecule has 2 aromatic carbocycles. The van der Waals surface area contributed by atoms with Gasteiger partial charge in [0.15, 0.2) is 6.10 Å². The predicted octanol–water partition coefficient (Wildman–Crippen LogP) is 3.06. The molecule has 20 heavy (non-hydrogen) atoms. The standard InChI is InChI=1S/C16H18N2O2/c1-2-15(20-14-6-4-3-5-7-14)16(19)18-13-10-8-12(17)9-11-13/h3-11,15H,2,17H2,1H3,(H,18,19)/t15-/m0/s1. The van der Waals surface area contributed by atoms with E-state index < -0.39 is 6.10 Å². The second-order valence-corrected chi connectivity index (χ2v) is 4.44. The van der Waals surface area contributed by atoms with E-state index in [0.29, 0.717) is 23.5 Å². The van der Waals surface area contributed by atoms with E-state index in [4.69, 9.17) is 10.5 Å². The fourth-order valence-electron chi connectivity index (χ4n) is 1.77. The molecule has 0 aliphatic carbocycles. The lowest BCUT2D eigenvalue weighted by atomic mass is 10.2. The van der Waals surface area contributed by atoms with Crippen LogP contribution in [0.5, 0.6) is 5.75 Å². The highest BCUT2D eigenvalue weighted by Gasteiger charge is 2.18. The molecule has 0 spiro atoms. The Morgan fingerprint density at radius 1 is 1.15 bits per heavy atom. The molecule has 0 fully saturated rings. The molecule has 0 aromatic heterocycles. The Morgan fingerprint density at radius 2 is 1.80 bits per heavy atom. The van der Waals surface area contributed by atoms with Crippen molar-refractivity contribution in [3.05, 3.63) is 54.6 Å². The summed E-state index contributed by atoms with van der Waals surface area (Å²) in [6.07, 6.45) is 0.0744. The maximum Gasteiger partial charge on any atom is 0.265 e. The van der Waals surface area contributed by atoms with Crippen molar-refractivity contribution >= 4 is 17.3 Å². The zero-order chi connectivity index (χ0) is 14.4. The van der Waals surface area contributed by atoms with Crippen molar-refractivity contribution in [3.8, 4) is 5.75 Å². The first kappa shape index (κ1) is 13.9. The number of anilines is 2. The zero-order valence-corrected chi connectivity index (χ0v) is 11.4. The van der Waals surface area contributed by atoms with Crippen molar-refractivity contribution in [2.24, 2.45) is 0 Å². The summed E-state index contributed by atoms with van der Waals surface area (Å²) in [5.74, 6) is 0.521. The number of carbonyl (C=O) groups is 1. The van der Waals surface area contributed by atoms with Gasteiger partial charge in [-0.1, -0.05) is 25.1 Å². The molecule has 0 radical (unpaired) electrons. The highest BCUT2D eigenvalue weighted by Crippen LogP contribution is 2.15. The minimum atomic E-state index is -0.519. The topological polar surface area (TPSA) is 64.3 Å². The van der Waals surface area contributed by atoms with Crippen molar-refractivity contribution in [2.75, 3.05) is 11.1 Å². The number of carbonyl (C=O) groups excluding carboxylic acids is 1. The van der Waals surface area contributed by atoms with Gasteiger partial charge in [-0.2, -0.15) is 0 Å². The Balaban J connectivity index is 2.00. The monoisotopic (exact) mass is 270 g/mol. The third-order valence-corrected chi connectivity index (χ3v) is 2.86. The summed E-state index contributed by atoms with van der Waals surface area (Å²) in [4.78, 5) is 12.2. The van der Waals surface area contributed by atoms with Crippen LogP contribution in [0.15, 0.2) is 54.6 Å². The lowest BCUT2D eigenvalue weighted by Gasteiger charge is -2.17. The van der Waals surface area contributed by atoms with Crippen molar-refractivity contribution in [1.82, 2.24) is 0 Å². The summed E-state index contributed by atoms with van der Waals surface area (Å²) in [7, 11) is 0. The normalized spacial score (nSPS) is 11.7. The number of ether oxygens (including phenoxy) is 1. The first-order valence-electron chi connectivity index (χ1n) is 6.57. The number of nitrogen functional groups attached to an aromatic ring is 1. The second kappa shape index (κ2) is 6.61. The summed E-state index contributed by atoms with van der Waals surface area (Å²) >= 11 is 0. The Hall–Kier alpha value is -2.49. The molecule has 2 aromatic rings. The van der Waals surface area contributed by atoms with Crippen LogP contribution in [-0.2, 0) is 4.79 Å². The molecule has 0 bridgehead atoms. The van der Waals surface area contributed by atoms with Crippen LogP contribution in [0.1, 0.15) is 13.3 Å². The molecule has 0 heterocycles. The van der Waals surface area contributed by atoms with Gasteiger partial charge in [-0.3, -0.25) is 4.79 Å². The smallest absolute Gasteiger partial charge is 0.265 e. The average Bonchev–Trinajstić information content (AvgIpc) is 2.48. The molecule has 0 saturated carbocycles. The molecule has 0 saturated heterocycles. The van der Waals surface area contributed by atoms with Gasteiger partial charge in [0.1, 0.15) is 5.75 Å². The molecule has 2 rings (SSSR count). The number of rotatable bonds is 5. The van der Waals surface area contributed by atoms with Gasteiger partial charge < -0.3 is 15.8 Å². The first-order valence-corrected chi connectivity index (χ1v) is 6.57. The number of amides is 1. The van der Waals surface area contributed by atoms with Crippen LogP contribution in [0.25, 0.3) is 0 Å². The molecule has 0 aliphatic rings. The quantitative estimate of drug-likeness (QED) is 0.821. The first-order chi connectivity index (χ1) is 9.69. The van der Waals surface area contributed by atoms with Crippen molar-refractivity contribution in [2.45, 2.75) is 19.4 Å². The minimum Gasteiger partial charge on any atom is -0.481 e. The summed E-state index contributed by atoms with van der Waals surface area (Å²) in [5, 5.41) is 2.82. The highest BCUT2D eigenvalue weighted by atomic mass is 16.5. The maximum atomic E-state index is 12.2. The summed E-state index contributed by atoms with van der Waals surface area (Å²) in [5.41, 5.74) is 6.98. The minimum absolute atomic E-state index is 0.166. The predicted molar refractivity (Wildman–Crippen MR) is 80.6 cm³/mol. The Bertz CT molecular complexity index is 552. The van der Waals surface area contributed by atoms with E-state index in [9.17, 15) is 4.79 Å². The highest BCUT2D eigenvalue weighted by molar-refractivity contribution is 5.94. The number of nitrogens with one attached hydrogen (secondary N) is 1. The molecule has 4 heteroatoms. The Labute approximate surface area is 118 Å². The zero-order valence-electron chi connectivity index (χ0n) is 11.4. The molecule has 0 aliphatic heterocycles. The number of benzene rings is 2. The van der Waals surface area contributed by atoms with Gasteiger partial charge in [0.2, 0.25) is 0 Å². The van der Waals surface area contributed by atoms with Gasteiger partial charge in [-0.15, -0.1) is 0 Å². The van der Waals surface area contributed by atoms with Crippen LogP contribution < -0.4 is 15.8 Å². The van der Waals surface area contributed by atoms with Crippen molar-refractivity contribution in [1.29, 1.82) is 0 Å². The van der Waals surface area contributed by atoms with Gasteiger partial charge in [0.25, 0.3) is 5.91 Å². The molecule has 104 valence electrons. The van der Waals surface area contributed by atoms with E-state index in [1.807, 2.05) is 37.3 Å². The average molecular weight is 270 g/mol. The summed E-state index contributed by atoms with van der Waals surface area (Å²) in [6, 6.07) is 16.3. The van der Waals surface area contributed by atoms with Gasteiger partial charge in [-0.25, -0.2) is 0 Å². The fraction of sp³-hybridized carbons (Fsp3) is 0.188. The molecule has 1 atom stereocenters. The van der Waals surface area contributed by atoms with Crippen LogP contribution in [0.4, 0.5) is 11.4 Å². The van der Waals surface area contributed by atoms with E-state index in [1.165, 1.54) is 0 Å². The molecular weight excluding hydrogens is 252 g/mol. The molecule has 3 N–H and O–H groups in total. The summed E-state index contributed by atoms with van der Waals surface area (Å²) in [6.45, 7) is 1.91. The summed E-state index contributed by atoms with van der Waals surface area (Å²) < 4.78 is 5.68. The Kier molecular flexibility index (Phi) is 4.60. The largest absolute Gasteiger partial charge is 0.481 e. The van der Waals surface area contributed by atoms with Gasteiger partial charge >= 0.3 is 0 Å². The van der Waals surface area contributed by atoms with E-state index in [-0.39, 0.29) is 5.91 Å². The fourth-order valence-corrected chi connectivity index (χ4v) is 1.77. The number of nitrogens with two attached hydrogens (primary N) is 1. The third kappa shape index (κ3) is 3.75. The molecule has 0 unspecified atom stereocenters. The van der Waals surface area contributed by atoms with Gasteiger partial charge in [0, 0.05) is 11.4 Å². The van der Waals surface area contributed by atoms with E-state index >= 15 is 0 Å². The molecular formula is C16H18N2O2. The SMILES string of the molecule is CC[C@H](Oc1ccccc1)C(=O)Nc1ccc(N)cc1. The molecule has 1 amide bonds. The van der Waals surface area contributed by atoms with Crippen LogP contribution in [-0.4, -0.2) is 12.0 Å². The van der Waals surface area contributed by atoms with Crippen molar-refractivity contribution < 1.29 is 9.53 Å². The Morgan fingerprint density at radius 3 is 2.40 bits per heavy atom. The maximum absolute atomic E-state index is 12.2.